The molecule has 0 saturated carbocycles. The summed E-state index contributed by atoms with van der Waals surface area (Å²) in [6.45, 7) is 0.134. The highest BCUT2D eigenvalue weighted by molar-refractivity contribution is 7.89. The second kappa shape index (κ2) is 4.00. The first-order valence-electron chi connectivity index (χ1n) is 4.93. The minimum atomic E-state index is -3.70. The van der Waals surface area contributed by atoms with Crippen molar-refractivity contribution in [2.24, 2.45) is 0 Å². The molecular formula is C10H11N3O3S. The largest absolute Gasteiger partial charge is 0.399 e. The molecule has 0 bridgehead atoms. The van der Waals surface area contributed by atoms with E-state index in [2.05, 4.69) is 0 Å². The van der Waals surface area contributed by atoms with E-state index in [0.29, 0.717) is 5.69 Å². The fraction of sp³-hybridized carbons (Fsp3) is 0.300. The van der Waals surface area contributed by atoms with Gasteiger partial charge in [-0.25, -0.2) is 8.42 Å². The molecule has 0 spiro atoms. The Kier molecular flexibility index (Phi) is 2.79. The summed E-state index contributed by atoms with van der Waals surface area (Å²) in [4.78, 5) is -0.0684. The standard InChI is InChI=1S/C10H11N3O3S/c11-4-7-3-8(12)1-2-10(7)17(15,16)13-5-9(14)6-13/h1-3,9,14H,5-6,12H2. The average molecular weight is 253 g/mol. The van der Waals surface area contributed by atoms with Crippen molar-refractivity contribution in [1.29, 1.82) is 5.26 Å². The van der Waals surface area contributed by atoms with Gasteiger partial charge in [0.15, 0.2) is 0 Å². The zero-order valence-corrected chi connectivity index (χ0v) is 9.68. The number of nitriles is 1. The normalized spacial score (nSPS) is 17.4. The second-order valence-electron chi connectivity index (χ2n) is 3.84. The highest BCUT2D eigenvalue weighted by atomic mass is 32.2. The highest BCUT2D eigenvalue weighted by Gasteiger charge is 2.36. The van der Waals surface area contributed by atoms with Crippen LogP contribution >= 0.6 is 0 Å². The molecule has 2 rings (SSSR count). The van der Waals surface area contributed by atoms with Crippen molar-refractivity contribution in [3.05, 3.63) is 23.8 Å². The van der Waals surface area contributed by atoms with Gasteiger partial charge in [-0.2, -0.15) is 9.57 Å². The number of aliphatic hydroxyl groups is 1. The van der Waals surface area contributed by atoms with Gasteiger partial charge in [-0.1, -0.05) is 0 Å². The Morgan fingerprint density at radius 1 is 1.47 bits per heavy atom. The molecular weight excluding hydrogens is 242 g/mol. The van der Waals surface area contributed by atoms with E-state index >= 15 is 0 Å². The minimum absolute atomic E-state index is 0.0198. The van der Waals surface area contributed by atoms with Crippen molar-refractivity contribution in [1.82, 2.24) is 4.31 Å². The van der Waals surface area contributed by atoms with Crippen molar-refractivity contribution in [3.63, 3.8) is 0 Å². The molecule has 1 heterocycles. The molecule has 0 aliphatic carbocycles. The van der Waals surface area contributed by atoms with E-state index < -0.39 is 16.1 Å². The number of benzene rings is 1. The van der Waals surface area contributed by atoms with Crippen LogP contribution in [-0.4, -0.2) is 37.0 Å². The predicted octanol–water partition coefficient (Wildman–Crippen LogP) is -0.494. The Morgan fingerprint density at radius 3 is 2.65 bits per heavy atom. The Balaban J connectivity index is 2.44. The number of β-amino-alcohol motifs (C(OH)–C–C–N with tert-alkyl or cyclic N) is 1. The number of sulfonamides is 1. The van der Waals surface area contributed by atoms with Crippen LogP contribution in [0.4, 0.5) is 5.69 Å². The van der Waals surface area contributed by atoms with Crippen LogP contribution in [0.3, 0.4) is 0 Å². The molecule has 0 atom stereocenters. The van der Waals surface area contributed by atoms with Crippen LogP contribution < -0.4 is 5.73 Å². The van der Waals surface area contributed by atoms with Gasteiger partial charge < -0.3 is 10.8 Å². The number of nitrogens with zero attached hydrogens (tertiary/aromatic N) is 2. The lowest BCUT2D eigenvalue weighted by atomic mass is 10.2. The summed E-state index contributed by atoms with van der Waals surface area (Å²) < 4.78 is 25.3. The molecule has 0 amide bonds. The summed E-state index contributed by atoms with van der Waals surface area (Å²) in [6.07, 6.45) is -0.621. The van der Waals surface area contributed by atoms with Gasteiger partial charge in [0.25, 0.3) is 0 Å². The first-order chi connectivity index (χ1) is 7.95. The zero-order chi connectivity index (χ0) is 12.6. The van der Waals surface area contributed by atoms with Crippen molar-refractivity contribution in [2.75, 3.05) is 18.8 Å². The summed E-state index contributed by atoms with van der Waals surface area (Å²) in [5.74, 6) is 0. The van der Waals surface area contributed by atoms with E-state index in [-0.39, 0.29) is 23.5 Å². The van der Waals surface area contributed by atoms with Crippen LogP contribution in [0.25, 0.3) is 0 Å². The average Bonchev–Trinajstić information content (AvgIpc) is 2.24. The maximum absolute atomic E-state index is 12.1. The molecule has 90 valence electrons. The van der Waals surface area contributed by atoms with Gasteiger partial charge >= 0.3 is 0 Å². The lowest BCUT2D eigenvalue weighted by Crippen LogP contribution is -2.53. The van der Waals surface area contributed by atoms with Crippen LogP contribution in [0.1, 0.15) is 5.56 Å². The fourth-order valence-corrected chi connectivity index (χ4v) is 3.25. The molecule has 1 saturated heterocycles. The van der Waals surface area contributed by atoms with Gasteiger partial charge in [0, 0.05) is 18.8 Å². The predicted molar refractivity (Wildman–Crippen MR) is 60.3 cm³/mol. The van der Waals surface area contributed by atoms with Crippen molar-refractivity contribution in [3.8, 4) is 6.07 Å². The number of hydrogen-bond acceptors (Lipinski definition) is 5. The Morgan fingerprint density at radius 2 is 2.12 bits per heavy atom. The molecule has 0 unspecified atom stereocenters. The van der Waals surface area contributed by atoms with E-state index in [9.17, 15) is 8.42 Å². The maximum Gasteiger partial charge on any atom is 0.244 e. The van der Waals surface area contributed by atoms with Gasteiger partial charge in [0.2, 0.25) is 10.0 Å². The number of hydrogen-bond donors (Lipinski definition) is 2. The van der Waals surface area contributed by atoms with Crippen LogP contribution in [0, 0.1) is 11.3 Å². The monoisotopic (exact) mass is 253 g/mol. The third-order valence-electron chi connectivity index (χ3n) is 2.57. The maximum atomic E-state index is 12.1. The fourth-order valence-electron chi connectivity index (χ4n) is 1.61. The summed E-state index contributed by atoms with van der Waals surface area (Å²) in [7, 11) is -3.70. The first-order valence-corrected chi connectivity index (χ1v) is 6.37. The summed E-state index contributed by atoms with van der Waals surface area (Å²) >= 11 is 0. The molecule has 7 heteroatoms. The molecule has 6 nitrogen and oxygen atoms in total. The van der Waals surface area contributed by atoms with Crippen LogP contribution in [0.2, 0.25) is 0 Å². The molecule has 1 aromatic rings. The van der Waals surface area contributed by atoms with E-state index in [1.54, 1.807) is 0 Å². The van der Waals surface area contributed by atoms with E-state index in [1.807, 2.05) is 6.07 Å². The number of aliphatic hydroxyl groups excluding tert-OH is 1. The molecule has 1 aliphatic rings. The quantitative estimate of drug-likeness (QED) is 0.691. The summed E-state index contributed by atoms with van der Waals surface area (Å²) in [5.41, 5.74) is 5.85. The number of anilines is 1. The number of nitrogen functional groups attached to an aromatic ring is 1. The topological polar surface area (TPSA) is 107 Å². The van der Waals surface area contributed by atoms with Gasteiger partial charge in [-0.05, 0) is 18.2 Å². The molecule has 0 radical (unpaired) electrons. The molecule has 1 aliphatic heterocycles. The van der Waals surface area contributed by atoms with Gasteiger partial charge in [0.1, 0.15) is 11.0 Å². The number of rotatable bonds is 2. The Bertz CT molecular complexity index is 585. The molecule has 1 fully saturated rings. The third-order valence-corrected chi connectivity index (χ3v) is 4.46. The van der Waals surface area contributed by atoms with Crippen LogP contribution in [0.5, 0.6) is 0 Å². The van der Waals surface area contributed by atoms with Crippen LogP contribution in [0.15, 0.2) is 23.1 Å². The molecule has 3 N–H and O–H groups in total. The summed E-state index contributed by atoms with van der Waals surface area (Å²) in [5, 5.41) is 18.0. The smallest absolute Gasteiger partial charge is 0.244 e. The third kappa shape index (κ3) is 1.98. The van der Waals surface area contributed by atoms with Crippen molar-refractivity contribution >= 4 is 15.7 Å². The van der Waals surface area contributed by atoms with E-state index in [1.165, 1.54) is 18.2 Å². The molecule has 1 aromatic carbocycles. The van der Waals surface area contributed by atoms with Crippen molar-refractivity contribution in [2.45, 2.75) is 11.0 Å². The highest BCUT2D eigenvalue weighted by Crippen LogP contribution is 2.25. The van der Waals surface area contributed by atoms with Crippen molar-refractivity contribution < 1.29 is 13.5 Å². The number of nitrogens with two attached hydrogens (primary N) is 1. The van der Waals surface area contributed by atoms with Gasteiger partial charge in [0.05, 0.1) is 11.7 Å². The van der Waals surface area contributed by atoms with Crippen LogP contribution in [-0.2, 0) is 10.0 Å². The first kappa shape index (κ1) is 11.9. The lowest BCUT2D eigenvalue weighted by molar-refractivity contribution is 0.0548. The van der Waals surface area contributed by atoms with E-state index in [4.69, 9.17) is 16.1 Å². The van der Waals surface area contributed by atoms with E-state index in [0.717, 1.165) is 4.31 Å². The Labute approximate surface area is 98.9 Å². The SMILES string of the molecule is N#Cc1cc(N)ccc1S(=O)(=O)N1CC(O)C1. The molecule has 17 heavy (non-hydrogen) atoms. The minimum Gasteiger partial charge on any atom is -0.399 e. The zero-order valence-electron chi connectivity index (χ0n) is 8.87. The second-order valence-corrected chi connectivity index (χ2v) is 5.75. The van der Waals surface area contributed by atoms with Gasteiger partial charge in [-0.15, -0.1) is 0 Å². The summed E-state index contributed by atoms with van der Waals surface area (Å²) in [6, 6.07) is 5.88. The lowest BCUT2D eigenvalue weighted by Gasteiger charge is -2.34. The molecule has 0 aromatic heterocycles. The van der Waals surface area contributed by atoms with Gasteiger partial charge in [-0.3, -0.25) is 0 Å². The Hall–Kier alpha value is -1.62.